The Hall–Kier alpha value is -1.77. The van der Waals surface area contributed by atoms with Gasteiger partial charge in [0.2, 0.25) is 0 Å². The molecule has 0 saturated heterocycles. The molecule has 4 radical (unpaired) electrons. The Balaban J connectivity index is 0.00000100. The molecular formula is C19H25B2N3. The van der Waals surface area contributed by atoms with Crippen LogP contribution in [0.4, 0.5) is 5.69 Å². The molecule has 3 unspecified atom stereocenters. The van der Waals surface area contributed by atoms with E-state index in [-0.39, 0.29) is 17.7 Å². The normalized spacial score (nSPS) is 24.5. The van der Waals surface area contributed by atoms with Crippen molar-refractivity contribution in [3.63, 3.8) is 0 Å². The minimum absolute atomic E-state index is 0.168. The molecule has 2 aliphatic rings. The fourth-order valence-electron chi connectivity index (χ4n) is 3.49. The molecule has 0 fully saturated rings. The number of allylic oxidation sites excluding steroid dienone is 3. The minimum atomic E-state index is 0.168. The highest BCUT2D eigenvalue weighted by Gasteiger charge is 2.39. The third-order valence-corrected chi connectivity index (χ3v) is 4.36. The molecule has 1 aromatic heterocycles. The van der Waals surface area contributed by atoms with E-state index < -0.39 is 0 Å². The van der Waals surface area contributed by atoms with Gasteiger partial charge in [-0.1, -0.05) is 58.6 Å². The summed E-state index contributed by atoms with van der Waals surface area (Å²) in [5, 5.41) is 3.54. The largest absolute Gasteiger partial charge is 0.376 e. The topological polar surface area (TPSA) is 37.8 Å². The van der Waals surface area contributed by atoms with Crippen molar-refractivity contribution in [3.05, 3.63) is 42.2 Å². The van der Waals surface area contributed by atoms with E-state index in [1.807, 2.05) is 19.9 Å². The van der Waals surface area contributed by atoms with Gasteiger partial charge in [0, 0.05) is 11.5 Å². The average molecular weight is 317 g/mol. The fraction of sp³-hybridized carbons (Fsp3) is 0.474. The lowest BCUT2D eigenvalue weighted by atomic mass is 9.77. The lowest BCUT2D eigenvalue weighted by molar-refractivity contribution is 0.446. The van der Waals surface area contributed by atoms with Crippen molar-refractivity contribution in [1.82, 2.24) is 9.97 Å². The molecule has 0 amide bonds. The second kappa shape index (κ2) is 7.87. The van der Waals surface area contributed by atoms with E-state index >= 15 is 0 Å². The lowest BCUT2D eigenvalue weighted by Gasteiger charge is -2.38. The molecule has 2 heterocycles. The second-order valence-corrected chi connectivity index (χ2v) is 6.32. The Morgan fingerprint density at radius 2 is 2.04 bits per heavy atom. The van der Waals surface area contributed by atoms with Crippen LogP contribution in [-0.2, 0) is 0 Å². The van der Waals surface area contributed by atoms with Crippen molar-refractivity contribution in [3.8, 4) is 0 Å². The van der Waals surface area contributed by atoms with Gasteiger partial charge in [-0.15, -0.1) is 0 Å². The number of hydrogen-bond donors (Lipinski definition) is 1. The molecule has 3 nitrogen and oxygen atoms in total. The molecule has 0 spiro atoms. The van der Waals surface area contributed by atoms with E-state index in [0.717, 1.165) is 17.8 Å². The Morgan fingerprint density at radius 3 is 2.67 bits per heavy atom. The summed E-state index contributed by atoms with van der Waals surface area (Å²) in [4.78, 5) is 8.52. The van der Waals surface area contributed by atoms with Crippen LogP contribution in [0.5, 0.6) is 0 Å². The van der Waals surface area contributed by atoms with Crippen LogP contribution in [0.3, 0.4) is 0 Å². The van der Waals surface area contributed by atoms with E-state index in [1.165, 1.54) is 5.57 Å². The minimum Gasteiger partial charge on any atom is -0.376 e. The number of rotatable bonds is 3. The second-order valence-electron chi connectivity index (χ2n) is 6.32. The maximum atomic E-state index is 6.07. The number of hydrogen-bond acceptors (Lipinski definition) is 3. The Bertz CT molecular complexity index is 665. The van der Waals surface area contributed by atoms with Crippen LogP contribution in [0.1, 0.15) is 45.7 Å². The van der Waals surface area contributed by atoms with Crippen LogP contribution >= 0.6 is 0 Å². The molecule has 5 heteroatoms. The third-order valence-electron chi connectivity index (χ3n) is 4.36. The van der Waals surface area contributed by atoms with Gasteiger partial charge in [-0.05, 0) is 23.8 Å². The van der Waals surface area contributed by atoms with Gasteiger partial charge < -0.3 is 5.32 Å². The number of nitrogens with zero attached hydrogens (tertiary/aromatic N) is 2. The third kappa shape index (κ3) is 3.50. The van der Waals surface area contributed by atoms with Crippen LogP contribution in [0.15, 0.2) is 36.5 Å². The van der Waals surface area contributed by atoms with Crippen molar-refractivity contribution < 1.29 is 0 Å². The molecule has 0 bridgehead atoms. The predicted octanol–water partition coefficient (Wildman–Crippen LogP) is 2.31. The molecule has 1 aromatic rings. The van der Waals surface area contributed by atoms with Gasteiger partial charge in [0.15, 0.2) is 7.85 Å². The first-order valence-electron chi connectivity index (χ1n) is 8.71. The van der Waals surface area contributed by atoms with Gasteiger partial charge >= 0.3 is 0 Å². The summed E-state index contributed by atoms with van der Waals surface area (Å²) >= 11 is 0. The Labute approximate surface area is 148 Å². The average Bonchev–Trinajstić information content (AvgIpc) is 3.04. The van der Waals surface area contributed by atoms with Gasteiger partial charge in [0.05, 0.1) is 23.1 Å². The molecule has 3 rings (SSSR count). The molecule has 122 valence electrons. The molecule has 24 heavy (non-hydrogen) atoms. The van der Waals surface area contributed by atoms with Crippen molar-refractivity contribution >= 4 is 32.7 Å². The van der Waals surface area contributed by atoms with Crippen LogP contribution in [0.2, 0.25) is 0 Å². The quantitative estimate of drug-likeness (QED) is 0.528. The molecule has 3 atom stereocenters. The molecule has 0 aromatic carbocycles. The van der Waals surface area contributed by atoms with Gasteiger partial charge in [-0.2, -0.15) is 0 Å². The highest BCUT2D eigenvalue weighted by atomic mass is 15.0. The Morgan fingerprint density at radius 1 is 1.33 bits per heavy atom. The first-order valence-corrected chi connectivity index (χ1v) is 8.71. The van der Waals surface area contributed by atoms with Gasteiger partial charge in [-0.25, -0.2) is 4.98 Å². The maximum absolute atomic E-state index is 6.07. The maximum Gasteiger partial charge on any atom is 0.170 e. The molecular weight excluding hydrogens is 292 g/mol. The monoisotopic (exact) mass is 317 g/mol. The summed E-state index contributed by atoms with van der Waals surface area (Å²) in [6.07, 6.45) is 9.61. The lowest BCUT2D eigenvalue weighted by Crippen LogP contribution is -2.42. The van der Waals surface area contributed by atoms with Gasteiger partial charge in [-0.3, -0.25) is 4.98 Å². The van der Waals surface area contributed by atoms with Crippen LogP contribution in [0, 0.1) is 11.8 Å². The van der Waals surface area contributed by atoms with Gasteiger partial charge in [0.1, 0.15) is 7.85 Å². The summed E-state index contributed by atoms with van der Waals surface area (Å²) in [6.45, 7) is 12.3. The number of nitrogens with one attached hydrogen (secondary N) is 1. The number of fused-ring (bicyclic) bond motifs is 3. The van der Waals surface area contributed by atoms with Gasteiger partial charge in [0.25, 0.3) is 0 Å². The molecule has 0 saturated carbocycles. The van der Waals surface area contributed by atoms with E-state index in [9.17, 15) is 0 Å². The van der Waals surface area contributed by atoms with E-state index in [1.54, 1.807) is 0 Å². The Kier molecular flexibility index (Phi) is 6.09. The molecule has 1 aliphatic carbocycles. The zero-order valence-electron chi connectivity index (χ0n) is 15.1. The number of anilines is 1. The highest BCUT2D eigenvalue weighted by Crippen LogP contribution is 2.44. The van der Waals surface area contributed by atoms with E-state index in [4.69, 9.17) is 15.7 Å². The SMILES string of the molecule is CC.[B]c1nc([B])c2c(n1)C1C=CCC1C(/C(C=C)=C/C(C)C)N2. The summed E-state index contributed by atoms with van der Waals surface area (Å²) in [5.74, 6) is 1.09. The zero-order chi connectivity index (χ0) is 17.9. The first-order chi connectivity index (χ1) is 11.5. The zero-order valence-corrected chi connectivity index (χ0v) is 15.1. The van der Waals surface area contributed by atoms with Crippen LogP contribution in [-0.4, -0.2) is 31.7 Å². The molecule has 1 N–H and O–H groups in total. The summed E-state index contributed by atoms with van der Waals surface area (Å²) in [5.41, 5.74) is 3.57. The predicted molar refractivity (Wildman–Crippen MR) is 105 cm³/mol. The van der Waals surface area contributed by atoms with Crippen LogP contribution in [0.25, 0.3) is 0 Å². The molecule has 1 aliphatic heterocycles. The van der Waals surface area contributed by atoms with E-state index in [2.05, 4.69) is 53.9 Å². The van der Waals surface area contributed by atoms with Crippen molar-refractivity contribution in [1.29, 1.82) is 0 Å². The first kappa shape index (κ1) is 18.6. The van der Waals surface area contributed by atoms with Crippen molar-refractivity contribution in [2.24, 2.45) is 11.8 Å². The standard InChI is InChI=1S/C17H19B2N3.C2H6/c1-4-10(8-9(2)3)13-11-6-5-7-12(11)14-15(20-13)16(18)22-17(19)21-14;1-2/h4-5,7-9,11-13,20H,1,6H2,2-3H3;1-2H3/b10-8+;. The summed E-state index contributed by atoms with van der Waals surface area (Å²) in [6, 6.07) is 0.168. The summed E-state index contributed by atoms with van der Waals surface area (Å²) < 4.78 is 0. The van der Waals surface area contributed by atoms with Crippen LogP contribution < -0.4 is 16.6 Å². The van der Waals surface area contributed by atoms with E-state index in [0.29, 0.717) is 17.4 Å². The highest BCUT2D eigenvalue weighted by molar-refractivity contribution is 6.36. The van der Waals surface area contributed by atoms with Crippen molar-refractivity contribution in [2.75, 3.05) is 5.32 Å². The number of aromatic nitrogens is 2. The summed E-state index contributed by atoms with van der Waals surface area (Å²) in [7, 11) is 11.8. The fourth-order valence-corrected chi connectivity index (χ4v) is 3.49. The van der Waals surface area contributed by atoms with Crippen molar-refractivity contribution in [2.45, 2.75) is 46.1 Å². The smallest absolute Gasteiger partial charge is 0.170 e.